The second-order valence-electron chi connectivity index (χ2n) is 8.86. The minimum atomic E-state index is -0.0391. The number of aliphatic hydroxyl groups is 1. The Bertz CT molecular complexity index is 1650. The van der Waals surface area contributed by atoms with Gasteiger partial charge in [0.2, 0.25) is 0 Å². The maximum atomic E-state index is 9.57. The molecule has 0 spiro atoms. The summed E-state index contributed by atoms with van der Waals surface area (Å²) in [5.41, 5.74) is 6.85. The molecule has 0 saturated carbocycles. The summed E-state index contributed by atoms with van der Waals surface area (Å²) in [5, 5.41) is 14.2. The number of ether oxygens (including phenoxy) is 1. The van der Waals surface area contributed by atoms with Crippen molar-refractivity contribution in [2.45, 2.75) is 0 Å². The molecule has 0 aliphatic carbocycles. The molecular formula is C34H26O2. The molecule has 0 saturated heterocycles. The third-order valence-corrected chi connectivity index (χ3v) is 6.70. The summed E-state index contributed by atoms with van der Waals surface area (Å²) in [6.07, 6.45) is 0. The van der Waals surface area contributed by atoms with Crippen molar-refractivity contribution in [3.63, 3.8) is 0 Å². The highest BCUT2D eigenvalue weighted by Gasteiger charge is 2.19. The zero-order valence-corrected chi connectivity index (χ0v) is 19.9. The third-order valence-electron chi connectivity index (χ3n) is 6.70. The molecule has 0 aliphatic heterocycles. The van der Waals surface area contributed by atoms with E-state index in [9.17, 15) is 5.11 Å². The van der Waals surface area contributed by atoms with Crippen molar-refractivity contribution in [2.75, 3.05) is 13.2 Å². The van der Waals surface area contributed by atoms with Crippen LogP contribution in [0.5, 0.6) is 5.75 Å². The van der Waals surface area contributed by atoms with Crippen LogP contribution in [0.15, 0.2) is 127 Å². The van der Waals surface area contributed by atoms with Crippen LogP contribution in [0, 0.1) is 0 Å². The van der Waals surface area contributed by atoms with E-state index < -0.39 is 0 Å². The molecule has 2 heteroatoms. The molecule has 0 aromatic heterocycles. The summed E-state index contributed by atoms with van der Waals surface area (Å²) in [5.74, 6) is 0.773. The van der Waals surface area contributed by atoms with Crippen LogP contribution in [-0.2, 0) is 0 Å². The van der Waals surface area contributed by atoms with Gasteiger partial charge in [0, 0.05) is 10.9 Å². The number of benzene rings is 6. The van der Waals surface area contributed by atoms with E-state index in [-0.39, 0.29) is 13.2 Å². The zero-order chi connectivity index (χ0) is 24.3. The van der Waals surface area contributed by atoms with Gasteiger partial charge < -0.3 is 9.84 Å². The van der Waals surface area contributed by atoms with Crippen molar-refractivity contribution >= 4 is 21.5 Å². The molecule has 2 nitrogen and oxygen atoms in total. The average molecular weight is 467 g/mol. The lowest BCUT2D eigenvalue weighted by molar-refractivity contribution is 0.202. The highest BCUT2D eigenvalue weighted by molar-refractivity contribution is 6.15. The van der Waals surface area contributed by atoms with Crippen LogP contribution in [0.3, 0.4) is 0 Å². The first-order valence-corrected chi connectivity index (χ1v) is 12.3. The van der Waals surface area contributed by atoms with Crippen molar-refractivity contribution in [1.29, 1.82) is 0 Å². The Kier molecular flexibility index (Phi) is 5.95. The Morgan fingerprint density at radius 3 is 1.58 bits per heavy atom. The highest BCUT2D eigenvalue weighted by atomic mass is 16.5. The average Bonchev–Trinajstić information content (AvgIpc) is 2.95. The summed E-state index contributed by atoms with van der Waals surface area (Å²) >= 11 is 0. The van der Waals surface area contributed by atoms with Crippen LogP contribution in [0.1, 0.15) is 0 Å². The van der Waals surface area contributed by atoms with Gasteiger partial charge in [-0.3, -0.25) is 0 Å². The molecule has 0 unspecified atom stereocenters. The van der Waals surface area contributed by atoms with Gasteiger partial charge in [-0.25, -0.2) is 0 Å². The number of fused-ring (bicyclic) bond motifs is 2. The molecule has 6 aromatic carbocycles. The molecule has 0 bridgehead atoms. The van der Waals surface area contributed by atoms with E-state index >= 15 is 0 Å². The van der Waals surface area contributed by atoms with E-state index in [2.05, 4.69) is 109 Å². The molecule has 1 N–H and O–H groups in total. The van der Waals surface area contributed by atoms with Gasteiger partial charge in [-0.1, -0.05) is 121 Å². The molecule has 0 aliphatic rings. The van der Waals surface area contributed by atoms with E-state index in [0.29, 0.717) is 0 Å². The molecule has 0 amide bonds. The monoisotopic (exact) mass is 466 g/mol. The Morgan fingerprint density at radius 2 is 1.00 bits per heavy atom. The van der Waals surface area contributed by atoms with Gasteiger partial charge >= 0.3 is 0 Å². The lowest BCUT2D eigenvalue weighted by atomic mass is 9.86. The maximum absolute atomic E-state index is 9.57. The fourth-order valence-corrected chi connectivity index (χ4v) is 5.17. The second kappa shape index (κ2) is 9.69. The van der Waals surface area contributed by atoms with Crippen LogP contribution in [0.2, 0.25) is 0 Å². The standard InChI is InChI=1S/C34H26O2/c35-22-23-36-31-21-20-27-16-8-18-29(25-12-5-2-6-13-25)33(27)34(31)30-19-9-15-26-14-7-17-28(32(26)30)24-10-3-1-4-11-24/h1-21,35H,22-23H2. The Labute approximate surface area is 211 Å². The molecule has 0 atom stereocenters. The largest absolute Gasteiger partial charge is 0.491 e. The number of hydrogen-bond donors (Lipinski definition) is 1. The van der Waals surface area contributed by atoms with E-state index in [1.54, 1.807) is 0 Å². The fourth-order valence-electron chi connectivity index (χ4n) is 5.17. The van der Waals surface area contributed by atoms with Crippen molar-refractivity contribution in [1.82, 2.24) is 0 Å². The predicted octanol–water partition coefficient (Wildman–Crippen LogP) is 8.37. The molecule has 0 radical (unpaired) electrons. The summed E-state index contributed by atoms with van der Waals surface area (Å²) in [6.45, 7) is 0.199. The van der Waals surface area contributed by atoms with E-state index in [1.807, 2.05) is 18.2 Å². The Balaban J connectivity index is 1.75. The van der Waals surface area contributed by atoms with E-state index in [4.69, 9.17) is 4.74 Å². The number of hydrogen-bond acceptors (Lipinski definition) is 2. The van der Waals surface area contributed by atoms with Gasteiger partial charge in [0.05, 0.1) is 6.61 Å². The first-order valence-electron chi connectivity index (χ1n) is 12.3. The van der Waals surface area contributed by atoms with Crippen LogP contribution >= 0.6 is 0 Å². The second-order valence-corrected chi connectivity index (χ2v) is 8.86. The Morgan fingerprint density at radius 1 is 0.472 bits per heavy atom. The van der Waals surface area contributed by atoms with Crippen LogP contribution < -0.4 is 4.74 Å². The minimum absolute atomic E-state index is 0.0391. The number of rotatable bonds is 6. The normalized spacial score (nSPS) is 11.1. The minimum Gasteiger partial charge on any atom is -0.491 e. The maximum Gasteiger partial charge on any atom is 0.127 e. The first-order chi connectivity index (χ1) is 17.8. The molecule has 174 valence electrons. The summed E-state index contributed by atoms with van der Waals surface area (Å²) < 4.78 is 6.18. The lowest BCUT2D eigenvalue weighted by Gasteiger charge is -2.20. The van der Waals surface area contributed by atoms with E-state index in [0.717, 1.165) is 38.8 Å². The topological polar surface area (TPSA) is 29.5 Å². The third kappa shape index (κ3) is 3.92. The molecule has 0 heterocycles. The summed E-state index contributed by atoms with van der Waals surface area (Å²) in [7, 11) is 0. The highest BCUT2D eigenvalue weighted by Crippen LogP contribution is 2.46. The molecule has 6 rings (SSSR count). The van der Waals surface area contributed by atoms with Crippen molar-refractivity contribution in [3.05, 3.63) is 127 Å². The van der Waals surface area contributed by atoms with Crippen molar-refractivity contribution < 1.29 is 9.84 Å². The predicted molar refractivity (Wildman–Crippen MR) is 150 cm³/mol. The summed E-state index contributed by atoms with van der Waals surface area (Å²) in [6, 6.07) is 44.6. The van der Waals surface area contributed by atoms with Gasteiger partial charge in [-0.05, 0) is 50.0 Å². The summed E-state index contributed by atoms with van der Waals surface area (Å²) in [4.78, 5) is 0. The molecule has 36 heavy (non-hydrogen) atoms. The van der Waals surface area contributed by atoms with Crippen LogP contribution in [-0.4, -0.2) is 18.3 Å². The fraction of sp³-hybridized carbons (Fsp3) is 0.0588. The van der Waals surface area contributed by atoms with Crippen LogP contribution in [0.25, 0.3) is 54.9 Å². The molecule has 0 fully saturated rings. The lowest BCUT2D eigenvalue weighted by Crippen LogP contribution is -2.03. The smallest absolute Gasteiger partial charge is 0.127 e. The van der Waals surface area contributed by atoms with Gasteiger partial charge in [0.25, 0.3) is 0 Å². The molecule has 6 aromatic rings. The van der Waals surface area contributed by atoms with Gasteiger partial charge in [0.15, 0.2) is 0 Å². The SMILES string of the molecule is OCCOc1ccc2cccc(-c3ccccc3)c2c1-c1cccc2cccc(-c3ccccc3)c12. The first kappa shape index (κ1) is 22.1. The quantitative estimate of drug-likeness (QED) is 0.267. The Hall–Kier alpha value is -4.40. The van der Waals surface area contributed by atoms with Crippen molar-refractivity contribution in [3.8, 4) is 39.1 Å². The molecular weight excluding hydrogens is 440 g/mol. The van der Waals surface area contributed by atoms with Crippen molar-refractivity contribution in [2.24, 2.45) is 0 Å². The zero-order valence-electron chi connectivity index (χ0n) is 19.9. The van der Waals surface area contributed by atoms with E-state index in [1.165, 1.54) is 21.9 Å². The number of aliphatic hydroxyl groups excluding tert-OH is 1. The van der Waals surface area contributed by atoms with Crippen LogP contribution in [0.4, 0.5) is 0 Å². The van der Waals surface area contributed by atoms with Gasteiger partial charge in [-0.2, -0.15) is 0 Å². The van der Waals surface area contributed by atoms with Gasteiger partial charge in [-0.15, -0.1) is 0 Å². The van der Waals surface area contributed by atoms with Gasteiger partial charge in [0.1, 0.15) is 12.4 Å².